The van der Waals surface area contributed by atoms with E-state index in [-0.39, 0.29) is 12.5 Å². The summed E-state index contributed by atoms with van der Waals surface area (Å²) in [5.41, 5.74) is 8.88. The Kier molecular flexibility index (Phi) is 7.11. The molecule has 1 aliphatic heterocycles. The normalized spacial score (nSPS) is 17.4. The molecule has 2 aliphatic rings. The highest BCUT2D eigenvalue weighted by atomic mass is 32.2. The lowest BCUT2D eigenvalue weighted by molar-refractivity contribution is -0.126. The number of thioether (sulfide) groups is 1. The molecule has 0 saturated carbocycles. The van der Waals surface area contributed by atoms with Crippen molar-refractivity contribution < 1.29 is 14.4 Å². The standard InChI is InChI=1S/C24H23N3O3S3/c1-14(11-15-7-3-2-4-8-15)12-18-23(30)27(24(31)33-18)13-19(28)26-22-20(21(25)29)16-9-5-6-10-17(16)32-22/h2-4,7-8,11-12H,5-6,9-10,13H2,1H3,(H2,25,29)(H,26,28)/b14-11+,18-12-. The number of carbonyl (C=O) groups excluding carboxylic acids is 3. The first-order valence-corrected chi connectivity index (χ1v) is 12.6. The molecule has 0 bridgehead atoms. The molecule has 9 heteroatoms. The number of rotatable bonds is 6. The van der Waals surface area contributed by atoms with Gasteiger partial charge in [0.05, 0.1) is 10.5 Å². The van der Waals surface area contributed by atoms with E-state index in [1.807, 2.05) is 43.3 Å². The van der Waals surface area contributed by atoms with Crippen LogP contribution in [0.2, 0.25) is 0 Å². The molecule has 3 amide bonds. The Morgan fingerprint density at radius 3 is 2.67 bits per heavy atom. The van der Waals surface area contributed by atoms with E-state index in [0.717, 1.165) is 47.3 Å². The number of carbonyl (C=O) groups is 3. The number of fused-ring (bicyclic) bond motifs is 1. The van der Waals surface area contributed by atoms with Crippen LogP contribution >= 0.6 is 35.3 Å². The fraction of sp³-hybridized carbons (Fsp3) is 0.250. The van der Waals surface area contributed by atoms with Gasteiger partial charge in [0.15, 0.2) is 0 Å². The topological polar surface area (TPSA) is 92.5 Å². The summed E-state index contributed by atoms with van der Waals surface area (Å²) in [5.74, 6) is -1.26. The number of hydrogen-bond donors (Lipinski definition) is 2. The minimum atomic E-state index is -0.543. The van der Waals surface area contributed by atoms with Gasteiger partial charge in [0, 0.05) is 4.88 Å². The number of aryl methyl sites for hydroxylation is 1. The van der Waals surface area contributed by atoms with E-state index in [0.29, 0.717) is 19.8 Å². The molecular weight excluding hydrogens is 474 g/mol. The molecule has 1 aliphatic carbocycles. The van der Waals surface area contributed by atoms with Gasteiger partial charge < -0.3 is 11.1 Å². The van der Waals surface area contributed by atoms with E-state index in [9.17, 15) is 14.4 Å². The number of primary amides is 1. The van der Waals surface area contributed by atoms with E-state index < -0.39 is 11.8 Å². The Labute approximate surface area is 205 Å². The van der Waals surface area contributed by atoms with E-state index in [1.54, 1.807) is 6.08 Å². The Balaban J connectivity index is 1.46. The molecule has 1 aromatic heterocycles. The molecule has 3 N–H and O–H groups in total. The number of allylic oxidation sites excluding steroid dienone is 2. The lowest BCUT2D eigenvalue weighted by atomic mass is 9.95. The van der Waals surface area contributed by atoms with Gasteiger partial charge in [-0.15, -0.1) is 11.3 Å². The summed E-state index contributed by atoms with van der Waals surface area (Å²) in [6.07, 6.45) is 7.48. The Morgan fingerprint density at radius 1 is 1.21 bits per heavy atom. The van der Waals surface area contributed by atoms with E-state index in [1.165, 1.54) is 28.0 Å². The maximum atomic E-state index is 12.9. The maximum Gasteiger partial charge on any atom is 0.266 e. The fourth-order valence-electron chi connectivity index (χ4n) is 3.92. The summed E-state index contributed by atoms with van der Waals surface area (Å²) in [6.45, 7) is 1.69. The minimum Gasteiger partial charge on any atom is -0.365 e. The number of anilines is 1. The first-order chi connectivity index (χ1) is 15.8. The van der Waals surface area contributed by atoms with Gasteiger partial charge in [-0.2, -0.15) is 0 Å². The quantitative estimate of drug-likeness (QED) is 0.452. The van der Waals surface area contributed by atoms with E-state index >= 15 is 0 Å². The molecule has 4 rings (SSSR count). The van der Waals surface area contributed by atoms with Gasteiger partial charge in [-0.05, 0) is 55.4 Å². The minimum absolute atomic E-state index is 0.218. The van der Waals surface area contributed by atoms with Gasteiger partial charge >= 0.3 is 0 Å². The Morgan fingerprint density at radius 2 is 1.94 bits per heavy atom. The molecule has 0 unspecified atom stereocenters. The molecule has 1 saturated heterocycles. The molecule has 170 valence electrons. The number of nitrogens with zero attached hydrogens (tertiary/aromatic N) is 1. The predicted molar refractivity (Wildman–Crippen MR) is 138 cm³/mol. The average Bonchev–Trinajstić information content (AvgIpc) is 3.26. The van der Waals surface area contributed by atoms with Crippen LogP contribution in [0.25, 0.3) is 6.08 Å². The van der Waals surface area contributed by atoms with Crippen LogP contribution in [0.3, 0.4) is 0 Å². The zero-order valence-electron chi connectivity index (χ0n) is 18.1. The van der Waals surface area contributed by atoms with Crippen LogP contribution in [-0.4, -0.2) is 33.5 Å². The fourth-order valence-corrected chi connectivity index (χ4v) is 6.54. The van der Waals surface area contributed by atoms with Crippen molar-refractivity contribution in [3.8, 4) is 0 Å². The maximum absolute atomic E-state index is 12.9. The molecule has 33 heavy (non-hydrogen) atoms. The highest BCUT2D eigenvalue weighted by molar-refractivity contribution is 8.26. The van der Waals surface area contributed by atoms with Crippen molar-refractivity contribution in [1.82, 2.24) is 4.90 Å². The number of thiophene rings is 1. The number of amides is 3. The third-order valence-electron chi connectivity index (χ3n) is 5.40. The summed E-state index contributed by atoms with van der Waals surface area (Å²) in [7, 11) is 0. The molecular formula is C24H23N3O3S3. The molecule has 1 fully saturated rings. The predicted octanol–water partition coefficient (Wildman–Crippen LogP) is 4.51. The smallest absolute Gasteiger partial charge is 0.266 e. The van der Waals surface area contributed by atoms with Crippen molar-refractivity contribution >= 4 is 68.4 Å². The molecule has 2 aromatic rings. The van der Waals surface area contributed by atoms with Gasteiger partial charge in [0.25, 0.3) is 11.8 Å². The van der Waals surface area contributed by atoms with Crippen molar-refractivity contribution in [2.75, 3.05) is 11.9 Å². The van der Waals surface area contributed by atoms with Crippen molar-refractivity contribution in [2.45, 2.75) is 32.6 Å². The third kappa shape index (κ3) is 5.26. The highest BCUT2D eigenvalue weighted by Crippen LogP contribution is 2.38. The SMILES string of the molecule is CC(/C=C1\SC(=S)N(CC(=O)Nc2sc3c(c2C(N)=O)CCCC3)C1=O)=C\c1ccccc1. The average molecular weight is 498 g/mol. The van der Waals surface area contributed by atoms with E-state index in [2.05, 4.69) is 5.32 Å². The molecule has 0 spiro atoms. The summed E-state index contributed by atoms with van der Waals surface area (Å²) in [4.78, 5) is 40.6. The Hall–Kier alpha value is -2.75. The van der Waals surface area contributed by atoms with Crippen molar-refractivity contribution in [3.05, 3.63) is 68.5 Å². The lowest BCUT2D eigenvalue weighted by Gasteiger charge is -2.14. The van der Waals surface area contributed by atoms with E-state index in [4.69, 9.17) is 18.0 Å². The summed E-state index contributed by atoms with van der Waals surface area (Å²) in [5, 5.41) is 3.25. The van der Waals surface area contributed by atoms with Crippen LogP contribution in [0.1, 0.15) is 46.1 Å². The van der Waals surface area contributed by atoms with Crippen LogP contribution in [-0.2, 0) is 22.4 Å². The zero-order valence-corrected chi connectivity index (χ0v) is 20.5. The van der Waals surface area contributed by atoms with Crippen molar-refractivity contribution in [2.24, 2.45) is 5.73 Å². The number of nitrogens with one attached hydrogen (secondary N) is 1. The van der Waals surface area contributed by atoms with Gasteiger partial charge in [-0.3, -0.25) is 19.3 Å². The molecule has 0 radical (unpaired) electrons. The first-order valence-electron chi connectivity index (χ1n) is 10.6. The van der Waals surface area contributed by atoms with Gasteiger partial charge in [-0.25, -0.2) is 0 Å². The van der Waals surface area contributed by atoms with Crippen molar-refractivity contribution in [1.29, 1.82) is 0 Å². The number of benzene rings is 1. The number of nitrogens with two attached hydrogens (primary N) is 1. The first kappa shape index (κ1) is 23.4. The van der Waals surface area contributed by atoms with Gasteiger partial charge in [0.2, 0.25) is 5.91 Å². The number of thiocarbonyl (C=S) groups is 1. The second kappa shape index (κ2) is 10.0. The van der Waals surface area contributed by atoms with Crippen LogP contribution in [0, 0.1) is 0 Å². The number of hydrogen-bond acceptors (Lipinski definition) is 6. The summed E-state index contributed by atoms with van der Waals surface area (Å²) >= 11 is 7.92. The van der Waals surface area contributed by atoms with Crippen LogP contribution < -0.4 is 11.1 Å². The molecule has 1 aromatic carbocycles. The molecule has 0 atom stereocenters. The monoisotopic (exact) mass is 497 g/mol. The third-order valence-corrected chi connectivity index (χ3v) is 7.98. The largest absolute Gasteiger partial charge is 0.365 e. The van der Waals surface area contributed by atoms with Crippen LogP contribution in [0.15, 0.2) is 46.9 Å². The molecule has 6 nitrogen and oxygen atoms in total. The molecule has 2 heterocycles. The Bertz CT molecular complexity index is 1200. The zero-order chi connectivity index (χ0) is 23.5. The second-order valence-electron chi connectivity index (χ2n) is 7.89. The highest BCUT2D eigenvalue weighted by Gasteiger charge is 2.34. The lowest BCUT2D eigenvalue weighted by Crippen LogP contribution is -2.36. The summed E-state index contributed by atoms with van der Waals surface area (Å²) < 4.78 is 0.328. The van der Waals surface area contributed by atoms with Gasteiger partial charge in [-0.1, -0.05) is 60.4 Å². The van der Waals surface area contributed by atoms with Crippen LogP contribution in [0.5, 0.6) is 0 Å². The van der Waals surface area contributed by atoms with Crippen LogP contribution in [0.4, 0.5) is 5.00 Å². The van der Waals surface area contributed by atoms with Gasteiger partial charge in [0.1, 0.15) is 15.9 Å². The summed E-state index contributed by atoms with van der Waals surface area (Å²) in [6, 6.07) is 9.81. The second-order valence-corrected chi connectivity index (χ2v) is 10.7. The van der Waals surface area contributed by atoms with Crippen molar-refractivity contribution in [3.63, 3.8) is 0 Å².